The fourth-order valence-electron chi connectivity index (χ4n) is 2.72. The van der Waals surface area contributed by atoms with Crippen molar-refractivity contribution in [1.29, 1.82) is 0 Å². The molecule has 0 aliphatic heterocycles. The highest BCUT2D eigenvalue weighted by atomic mass is 15.3. The highest BCUT2D eigenvalue weighted by Crippen LogP contribution is 2.33. The standard InChI is InChI=1S/C14H26N4/c1-13(2,3)11-16-12(18(4)17-11)14(15)9-7-5-6-8-10-14/h5-10,15H2,1-4H3. The molecule has 1 heterocycles. The number of aryl methyl sites for hydroxylation is 1. The lowest BCUT2D eigenvalue weighted by atomic mass is 9.90. The fraction of sp³-hybridized carbons (Fsp3) is 0.857. The van der Waals surface area contributed by atoms with E-state index in [2.05, 4.69) is 25.9 Å². The van der Waals surface area contributed by atoms with Gasteiger partial charge in [-0.3, -0.25) is 4.68 Å². The first-order valence-corrected chi connectivity index (χ1v) is 7.04. The molecule has 2 N–H and O–H groups in total. The fourth-order valence-corrected chi connectivity index (χ4v) is 2.72. The van der Waals surface area contributed by atoms with Crippen LogP contribution in [0.25, 0.3) is 0 Å². The van der Waals surface area contributed by atoms with Gasteiger partial charge >= 0.3 is 0 Å². The highest BCUT2D eigenvalue weighted by molar-refractivity contribution is 5.11. The molecule has 0 radical (unpaired) electrons. The third-order valence-electron chi connectivity index (χ3n) is 3.87. The molecule has 1 fully saturated rings. The molecule has 4 nitrogen and oxygen atoms in total. The Morgan fingerprint density at radius 3 is 2.11 bits per heavy atom. The minimum absolute atomic E-state index is 0.0168. The van der Waals surface area contributed by atoms with Crippen LogP contribution in [-0.4, -0.2) is 14.8 Å². The molecule has 0 atom stereocenters. The van der Waals surface area contributed by atoms with Crippen molar-refractivity contribution >= 4 is 0 Å². The minimum atomic E-state index is -0.276. The summed E-state index contributed by atoms with van der Waals surface area (Å²) in [6.07, 6.45) is 7.06. The molecule has 0 amide bonds. The first-order valence-electron chi connectivity index (χ1n) is 7.04. The lowest BCUT2D eigenvalue weighted by Gasteiger charge is -2.26. The summed E-state index contributed by atoms with van der Waals surface area (Å²) in [5, 5.41) is 4.56. The Labute approximate surface area is 110 Å². The number of hydrogen-bond donors (Lipinski definition) is 1. The van der Waals surface area contributed by atoms with Gasteiger partial charge in [0.2, 0.25) is 0 Å². The molecule has 0 unspecified atom stereocenters. The summed E-state index contributed by atoms with van der Waals surface area (Å²) in [4.78, 5) is 4.74. The van der Waals surface area contributed by atoms with Gasteiger partial charge in [0, 0.05) is 12.5 Å². The van der Waals surface area contributed by atoms with E-state index in [1.165, 1.54) is 25.7 Å². The van der Waals surface area contributed by atoms with Crippen LogP contribution >= 0.6 is 0 Å². The van der Waals surface area contributed by atoms with Gasteiger partial charge in [-0.05, 0) is 12.8 Å². The lowest BCUT2D eigenvalue weighted by Crippen LogP contribution is -2.39. The van der Waals surface area contributed by atoms with Crippen LogP contribution in [-0.2, 0) is 18.0 Å². The highest BCUT2D eigenvalue weighted by Gasteiger charge is 2.34. The van der Waals surface area contributed by atoms with Gasteiger partial charge in [0.25, 0.3) is 0 Å². The van der Waals surface area contributed by atoms with E-state index in [4.69, 9.17) is 10.7 Å². The number of aromatic nitrogens is 3. The molecule has 0 bridgehead atoms. The monoisotopic (exact) mass is 250 g/mol. The summed E-state index contributed by atoms with van der Waals surface area (Å²) in [5.74, 6) is 1.86. The Balaban J connectivity index is 2.34. The molecule has 4 heteroatoms. The van der Waals surface area contributed by atoms with Crippen LogP contribution in [0.15, 0.2) is 0 Å². The Kier molecular flexibility index (Phi) is 3.49. The van der Waals surface area contributed by atoms with Gasteiger partial charge in [-0.2, -0.15) is 5.10 Å². The van der Waals surface area contributed by atoms with Crippen LogP contribution in [0.2, 0.25) is 0 Å². The van der Waals surface area contributed by atoms with Crippen LogP contribution in [0.1, 0.15) is 70.9 Å². The van der Waals surface area contributed by atoms with Crippen molar-refractivity contribution in [3.05, 3.63) is 11.6 Å². The Hall–Kier alpha value is -0.900. The molecule has 1 aromatic heterocycles. The van der Waals surface area contributed by atoms with Gasteiger partial charge in [-0.15, -0.1) is 0 Å². The smallest absolute Gasteiger partial charge is 0.156 e. The van der Waals surface area contributed by atoms with Crippen LogP contribution in [0.5, 0.6) is 0 Å². The van der Waals surface area contributed by atoms with Crippen LogP contribution in [0.3, 0.4) is 0 Å². The van der Waals surface area contributed by atoms with E-state index < -0.39 is 0 Å². The third kappa shape index (κ3) is 2.58. The third-order valence-corrected chi connectivity index (χ3v) is 3.87. The van der Waals surface area contributed by atoms with E-state index in [1.54, 1.807) is 0 Å². The van der Waals surface area contributed by atoms with Gasteiger partial charge in [0.05, 0.1) is 5.54 Å². The molecule has 1 aliphatic rings. The summed E-state index contributed by atoms with van der Waals surface area (Å²) in [6.45, 7) is 6.42. The molecule has 2 rings (SSSR count). The van der Waals surface area contributed by atoms with E-state index in [0.29, 0.717) is 0 Å². The molecule has 0 aromatic carbocycles. The van der Waals surface area contributed by atoms with Crippen molar-refractivity contribution in [2.75, 3.05) is 0 Å². The molecule has 1 saturated carbocycles. The number of nitrogens with zero attached hydrogens (tertiary/aromatic N) is 3. The molecular weight excluding hydrogens is 224 g/mol. The van der Waals surface area contributed by atoms with Gasteiger partial charge in [0.15, 0.2) is 5.82 Å². The summed E-state index contributed by atoms with van der Waals surface area (Å²) in [7, 11) is 1.97. The molecule has 0 saturated heterocycles. The predicted octanol–water partition coefficient (Wildman–Crippen LogP) is 2.62. The molecule has 1 aromatic rings. The van der Waals surface area contributed by atoms with Gasteiger partial charge in [-0.25, -0.2) is 4.98 Å². The first-order chi connectivity index (χ1) is 8.33. The Bertz CT molecular complexity index is 406. The summed E-state index contributed by atoms with van der Waals surface area (Å²) < 4.78 is 1.89. The normalized spacial score (nSPS) is 20.7. The Morgan fingerprint density at radius 1 is 1.11 bits per heavy atom. The molecule has 1 aliphatic carbocycles. The Morgan fingerprint density at radius 2 is 1.67 bits per heavy atom. The van der Waals surface area contributed by atoms with E-state index >= 15 is 0 Å². The summed E-state index contributed by atoms with van der Waals surface area (Å²) in [6, 6.07) is 0. The van der Waals surface area contributed by atoms with Gasteiger partial charge in [-0.1, -0.05) is 46.5 Å². The van der Waals surface area contributed by atoms with Crippen molar-refractivity contribution < 1.29 is 0 Å². The van der Waals surface area contributed by atoms with Gasteiger partial charge in [0.1, 0.15) is 5.82 Å². The maximum atomic E-state index is 6.61. The molecule has 102 valence electrons. The van der Waals surface area contributed by atoms with Crippen molar-refractivity contribution in [2.45, 2.75) is 70.3 Å². The lowest BCUT2D eigenvalue weighted by molar-refractivity contribution is 0.348. The topological polar surface area (TPSA) is 56.7 Å². The minimum Gasteiger partial charge on any atom is -0.319 e. The van der Waals surface area contributed by atoms with Crippen LogP contribution in [0, 0.1) is 0 Å². The molecular formula is C14H26N4. The maximum absolute atomic E-state index is 6.61. The van der Waals surface area contributed by atoms with Gasteiger partial charge < -0.3 is 5.73 Å². The number of hydrogen-bond acceptors (Lipinski definition) is 3. The van der Waals surface area contributed by atoms with E-state index in [-0.39, 0.29) is 11.0 Å². The summed E-state index contributed by atoms with van der Waals surface area (Å²) in [5.41, 5.74) is 6.32. The van der Waals surface area contributed by atoms with E-state index in [1.807, 2.05) is 11.7 Å². The SMILES string of the molecule is Cn1nc(C(C)(C)C)nc1C1(N)CCCCCC1. The zero-order valence-corrected chi connectivity index (χ0v) is 12.2. The zero-order chi connectivity index (χ0) is 13.4. The van der Waals surface area contributed by atoms with E-state index in [9.17, 15) is 0 Å². The van der Waals surface area contributed by atoms with Crippen LogP contribution < -0.4 is 5.73 Å². The van der Waals surface area contributed by atoms with Crippen molar-refractivity contribution in [1.82, 2.24) is 14.8 Å². The van der Waals surface area contributed by atoms with Crippen molar-refractivity contribution in [3.8, 4) is 0 Å². The van der Waals surface area contributed by atoms with Crippen LogP contribution in [0.4, 0.5) is 0 Å². The average molecular weight is 250 g/mol. The number of nitrogens with two attached hydrogens (primary N) is 1. The average Bonchev–Trinajstić information content (AvgIpc) is 2.53. The second kappa shape index (κ2) is 4.65. The quantitative estimate of drug-likeness (QED) is 0.779. The molecule has 18 heavy (non-hydrogen) atoms. The molecule has 0 spiro atoms. The zero-order valence-electron chi connectivity index (χ0n) is 12.2. The maximum Gasteiger partial charge on any atom is 0.156 e. The largest absolute Gasteiger partial charge is 0.319 e. The first kappa shape index (κ1) is 13.5. The predicted molar refractivity (Wildman–Crippen MR) is 73.3 cm³/mol. The second-order valence-electron chi connectivity index (χ2n) is 6.70. The summed E-state index contributed by atoms with van der Waals surface area (Å²) >= 11 is 0. The second-order valence-corrected chi connectivity index (χ2v) is 6.70. The number of rotatable bonds is 1. The van der Waals surface area contributed by atoms with Crippen molar-refractivity contribution in [3.63, 3.8) is 0 Å². The van der Waals surface area contributed by atoms with Crippen molar-refractivity contribution in [2.24, 2.45) is 12.8 Å². The van der Waals surface area contributed by atoms with E-state index in [0.717, 1.165) is 24.5 Å².